The Bertz CT molecular complexity index is 411. The number of halogens is 1. The van der Waals surface area contributed by atoms with Crippen LogP contribution in [0.2, 0.25) is 4.34 Å². The van der Waals surface area contributed by atoms with E-state index in [1.165, 1.54) is 24.3 Å². The molecule has 2 N–H and O–H groups in total. The lowest BCUT2D eigenvalue weighted by atomic mass is 10.0. The molecule has 2 fully saturated rings. The van der Waals surface area contributed by atoms with Crippen LogP contribution in [0, 0.1) is 0 Å². The Morgan fingerprint density at radius 1 is 1.56 bits per heavy atom. The Labute approximate surface area is 117 Å². The van der Waals surface area contributed by atoms with Crippen molar-refractivity contribution in [3.8, 4) is 0 Å². The highest BCUT2D eigenvalue weighted by atomic mass is 35.5. The lowest BCUT2D eigenvalue weighted by Crippen LogP contribution is -2.53. The van der Waals surface area contributed by atoms with E-state index in [0.29, 0.717) is 6.04 Å². The number of nitrogens with two attached hydrogens (primary N) is 1. The number of thiophene rings is 1. The highest BCUT2D eigenvalue weighted by molar-refractivity contribution is 7.16. The van der Waals surface area contributed by atoms with Gasteiger partial charge in [-0.3, -0.25) is 4.90 Å². The number of fused-ring (bicyclic) bond motifs is 1. The van der Waals surface area contributed by atoms with Gasteiger partial charge < -0.3 is 10.5 Å². The van der Waals surface area contributed by atoms with Gasteiger partial charge >= 0.3 is 0 Å². The van der Waals surface area contributed by atoms with Crippen molar-refractivity contribution in [1.29, 1.82) is 0 Å². The zero-order chi connectivity index (χ0) is 12.5. The molecule has 3 atom stereocenters. The molecule has 3 heterocycles. The summed E-state index contributed by atoms with van der Waals surface area (Å²) in [5.74, 6) is 0. The topological polar surface area (TPSA) is 38.5 Å². The van der Waals surface area contributed by atoms with Crippen LogP contribution in [0.15, 0.2) is 12.1 Å². The average Bonchev–Trinajstić information content (AvgIpc) is 2.96. The smallest absolute Gasteiger partial charge is 0.0931 e. The molecule has 1 aromatic heterocycles. The van der Waals surface area contributed by atoms with E-state index in [-0.39, 0.29) is 12.1 Å². The molecule has 3 rings (SSSR count). The molecular weight excluding hydrogens is 268 g/mol. The van der Waals surface area contributed by atoms with Crippen LogP contribution in [-0.4, -0.2) is 42.8 Å². The van der Waals surface area contributed by atoms with Crippen LogP contribution >= 0.6 is 22.9 Å². The molecule has 0 radical (unpaired) electrons. The fourth-order valence-electron chi connectivity index (χ4n) is 2.93. The molecule has 0 aromatic carbocycles. The van der Waals surface area contributed by atoms with Crippen molar-refractivity contribution in [3.05, 3.63) is 21.3 Å². The Balaban J connectivity index is 1.57. The van der Waals surface area contributed by atoms with Crippen LogP contribution in [0.1, 0.15) is 17.7 Å². The highest BCUT2D eigenvalue weighted by Gasteiger charge is 2.34. The fraction of sp³-hybridized carbons (Fsp3) is 0.692. The third kappa shape index (κ3) is 2.73. The monoisotopic (exact) mass is 286 g/mol. The van der Waals surface area contributed by atoms with Gasteiger partial charge in [0.15, 0.2) is 0 Å². The minimum Gasteiger partial charge on any atom is -0.374 e. The van der Waals surface area contributed by atoms with E-state index < -0.39 is 0 Å². The van der Waals surface area contributed by atoms with Crippen LogP contribution in [0.5, 0.6) is 0 Å². The molecule has 0 saturated carbocycles. The van der Waals surface area contributed by atoms with Gasteiger partial charge in [-0.2, -0.15) is 0 Å². The first kappa shape index (κ1) is 12.9. The van der Waals surface area contributed by atoms with Crippen LogP contribution < -0.4 is 5.73 Å². The highest BCUT2D eigenvalue weighted by Crippen LogP contribution is 2.26. The number of morpholine rings is 1. The van der Waals surface area contributed by atoms with Gasteiger partial charge in [-0.05, 0) is 37.9 Å². The zero-order valence-electron chi connectivity index (χ0n) is 10.3. The Hall–Kier alpha value is -0.130. The van der Waals surface area contributed by atoms with Gasteiger partial charge in [0.1, 0.15) is 0 Å². The van der Waals surface area contributed by atoms with Gasteiger partial charge in [-0.15, -0.1) is 11.3 Å². The van der Waals surface area contributed by atoms with Crippen molar-refractivity contribution in [2.45, 2.75) is 37.5 Å². The second-order valence-electron chi connectivity index (χ2n) is 5.24. The fourth-order valence-corrected chi connectivity index (χ4v) is 4.09. The van der Waals surface area contributed by atoms with Crippen LogP contribution in [-0.2, 0) is 11.2 Å². The normalized spacial score (nSPS) is 30.3. The largest absolute Gasteiger partial charge is 0.374 e. The summed E-state index contributed by atoms with van der Waals surface area (Å²) >= 11 is 7.56. The Morgan fingerprint density at radius 3 is 3.22 bits per heavy atom. The van der Waals surface area contributed by atoms with Crippen LogP contribution in [0.3, 0.4) is 0 Å². The predicted molar refractivity (Wildman–Crippen MR) is 75.3 cm³/mol. The maximum Gasteiger partial charge on any atom is 0.0931 e. The van der Waals surface area contributed by atoms with Gasteiger partial charge in [-0.1, -0.05) is 11.6 Å². The molecule has 0 aliphatic carbocycles. The first-order valence-electron chi connectivity index (χ1n) is 6.58. The van der Waals surface area contributed by atoms with E-state index in [4.69, 9.17) is 22.1 Å². The molecule has 0 spiro atoms. The van der Waals surface area contributed by atoms with Gasteiger partial charge in [0.05, 0.1) is 17.0 Å². The quantitative estimate of drug-likeness (QED) is 0.925. The van der Waals surface area contributed by atoms with Crippen molar-refractivity contribution in [3.63, 3.8) is 0 Å². The molecule has 0 bridgehead atoms. The molecule has 2 saturated heterocycles. The van der Waals surface area contributed by atoms with E-state index in [1.807, 2.05) is 6.07 Å². The molecule has 3 nitrogen and oxygen atoms in total. The second-order valence-corrected chi connectivity index (χ2v) is 7.04. The lowest BCUT2D eigenvalue weighted by Gasteiger charge is -2.37. The Kier molecular flexibility index (Phi) is 3.91. The maximum atomic E-state index is 6.28. The summed E-state index contributed by atoms with van der Waals surface area (Å²) < 4.78 is 6.77. The molecule has 18 heavy (non-hydrogen) atoms. The van der Waals surface area contributed by atoms with Crippen LogP contribution in [0.25, 0.3) is 0 Å². The molecule has 3 unspecified atom stereocenters. The number of rotatable bonds is 3. The standard InChI is InChI=1S/C13H19ClN2OS/c14-13-4-3-10(18-13)6-11(15)12-7-16-5-1-2-9(16)8-17-12/h3-4,9,11-12H,1-2,5-8,15H2. The van der Waals surface area contributed by atoms with Gasteiger partial charge in [0.25, 0.3) is 0 Å². The maximum absolute atomic E-state index is 6.28. The second kappa shape index (κ2) is 5.47. The summed E-state index contributed by atoms with van der Waals surface area (Å²) in [6, 6.07) is 4.71. The molecule has 100 valence electrons. The van der Waals surface area contributed by atoms with Crippen molar-refractivity contribution in [1.82, 2.24) is 4.90 Å². The Morgan fingerprint density at radius 2 is 2.44 bits per heavy atom. The summed E-state index contributed by atoms with van der Waals surface area (Å²) in [7, 11) is 0. The number of hydrogen-bond acceptors (Lipinski definition) is 4. The minimum atomic E-state index is 0.0706. The minimum absolute atomic E-state index is 0.0706. The lowest BCUT2D eigenvalue weighted by molar-refractivity contribution is -0.0588. The van der Waals surface area contributed by atoms with Crippen molar-refractivity contribution >= 4 is 22.9 Å². The zero-order valence-corrected chi connectivity index (χ0v) is 11.9. The molecule has 5 heteroatoms. The summed E-state index contributed by atoms with van der Waals surface area (Å²) in [6.07, 6.45) is 3.61. The van der Waals surface area contributed by atoms with E-state index in [9.17, 15) is 0 Å². The average molecular weight is 287 g/mol. The van der Waals surface area contributed by atoms with Crippen LogP contribution in [0.4, 0.5) is 0 Å². The SMILES string of the molecule is NC(Cc1ccc(Cl)s1)C1CN2CCCC2CO1. The van der Waals surface area contributed by atoms with E-state index in [0.717, 1.165) is 23.9 Å². The van der Waals surface area contributed by atoms with E-state index >= 15 is 0 Å². The van der Waals surface area contributed by atoms with E-state index in [2.05, 4.69) is 11.0 Å². The molecular formula is C13H19ClN2OS. The molecule has 0 amide bonds. The van der Waals surface area contributed by atoms with E-state index in [1.54, 1.807) is 11.3 Å². The van der Waals surface area contributed by atoms with Gasteiger partial charge in [0, 0.05) is 23.5 Å². The first-order chi connectivity index (χ1) is 8.72. The van der Waals surface area contributed by atoms with Gasteiger partial charge in [0.2, 0.25) is 0 Å². The number of nitrogens with zero attached hydrogens (tertiary/aromatic N) is 1. The third-order valence-corrected chi connectivity index (χ3v) is 5.21. The third-order valence-electron chi connectivity index (χ3n) is 3.96. The molecule has 2 aliphatic heterocycles. The molecule has 1 aromatic rings. The first-order valence-corrected chi connectivity index (χ1v) is 7.77. The predicted octanol–water partition coefficient (Wildman–Crippen LogP) is 2.13. The summed E-state index contributed by atoms with van der Waals surface area (Å²) in [4.78, 5) is 3.79. The number of ether oxygens (including phenoxy) is 1. The van der Waals surface area contributed by atoms with Crippen molar-refractivity contribution in [2.75, 3.05) is 19.7 Å². The van der Waals surface area contributed by atoms with Crippen molar-refractivity contribution in [2.24, 2.45) is 5.73 Å². The number of hydrogen-bond donors (Lipinski definition) is 1. The summed E-state index contributed by atoms with van der Waals surface area (Å²) in [6.45, 7) is 3.05. The van der Waals surface area contributed by atoms with Gasteiger partial charge in [-0.25, -0.2) is 0 Å². The summed E-state index contributed by atoms with van der Waals surface area (Å²) in [5, 5.41) is 0. The molecule has 2 aliphatic rings. The van der Waals surface area contributed by atoms with Crippen molar-refractivity contribution < 1.29 is 4.74 Å². The summed E-state index contributed by atoms with van der Waals surface area (Å²) in [5.41, 5.74) is 6.28.